The van der Waals surface area contributed by atoms with Gasteiger partial charge in [-0.1, -0.05) is 0 Å². The van der Waals surface area contributed by atoms with Crippen molar-refractivity contribution in [1.82, 2.24) is 9.62 Å². The summed E-state index contributed by atoms with van der Waals surface area (Å²) in [5, 5.41) is 2.68. The van der Waals surface area contributed by atoms with Crippen molar-refractivity contribution in [2.24, 2.45) is 0 Å². The Morgan fingerprint density at radius 1 is 1.24 bits per heavy atom. The molecule has 0 spiro atoms. The Hall–Kier alpha value is -1.60. The van der Waals surface area contributed by atoms with Crippen molar-refractivity contribution in [2.75, 3.05) is 26.7 Å². The Morgan fingerprint density at radius 2 is 1.95 bits per heavy atom. The lowest BCUT2D eigenvalue weighted by Gasteiger charge is -2.21. The summed E-state index contributed by atoms with van der Waals surface area (Å²) in [7, 11) is -2.13. The second kappa shape index (κ2) is 6.03. The molecule has 0 aromatic heterocycles. The maximum absolute atomic E-state index is 12.8. The number of benzene rings is 1. The zero-order chi connectivity index (χ0) is 15.6. The molecule has 7 heteroatoms. The van der Waals surface area contributed by atoms with E-state index in [0.29, 0.717) is 30.8 Å². The molecule has 0 saturated carbocycles. The average molecular weight is 312 g/mol. The molecule has 1 fully saturated rings. The third-order valence-electron chi connectivity index (χ3n) is 3.54. The van der Waals surface area contributed by atoms with Gasteiger partial charge >= 0.3 is 0 Å². The molecule has 1 N–H and O–H groups in total. The van der Waals surface area contributed by atoms with Crippen LogP contribution in [0.2, 0.25) is 0 Å². The highest BCUT2D eigenvalue weighted by molar-refractivity contribution is 7.89. The molecule has 1 amide bonds. The summed E-state index contributed by atoms with van der Waals surface area (Å²) < 4.78 is 32.0. The number of carbonyl (C=O) groups is 1. The molecule has 116 valence electrons. The van der Waals surface area contributed by atoms with Crippen LogP contribution in [0.1, 0.15) is 17.5 Å². The number of nitrogens with one attached hydrogen (secondary N) is 1. The van der Waals surface area contributed by atoms with Crippen LogP contribution in [0.25, 0.3) is 0 Å². The summed E-state index contributed by atoms with van der Waals surface area (Å²) in [6.07, 6.45) is 0.610. The minimum absolute atomic E-state index is 0.132. The van der Waals surface area contributed by atoms with Gasteiger partial charge in [-0.3, -0.25) is 4.79 Å². The summed E-state index contributed by atoms with van der Waals surface area (Å²) in [4.78, 5) is 11.8. The molecule has 1 aromatic carbocycles. The van der Waals surface area contributed by atoms with Crippen LogP contribution in [-0.2, 0) is 14.8 Å². The molecular weight excluding hydrogens is 292 g/mol. The molecule has 1 heterocycles. The van der Waals surface area contributed by atoms with E-state index >= 15 is 0 Å². The number of hydrogen-bond donors (Lipinski definition) is 1. The zero-order valence-corrected chi connectivity index (χ0v) is 13.3. The lowest BCUT2D eigenvalue weighted by molar-refractivity contribution is -0.120. The number of sulfonamides is 1. The van der Waals surface area contributed by atoms with Crippen molar-refractivity contribution in [3.63, 3.8) is 0 Å². The van der Waals surface area contributed by atoms with Gasteiger partial charge in [0.05, 0.1) is 18.6 Å². The minimum Gasteiger partial charge on any atom is -0.496 e. The maximum Gasteiger partial charge on any atom is 0.243 e. The minimum atomic E-state index is -3.68. The molecule has 2 rings (SSSR count). The Morgan fingerprint density at radius 3 is 2.62 bits per heavy atom. The third kappa shape index (κ3) is 3.19. The van der Waals surface area contributed by atoms with E-state index in [4.69, 9.17) is 4.74 Å². The molecule has 1 aliphatic rings. The van der Waals surface area contributed by atoms with E-state index in [1.54, 1.807) is 33.1 Å². The van der Waals surface area contributed by atoms with Gasteiger partial charge in [-0.15, -0.1) is 0 Å². The van der Waals surface area contributed by atoms with Crippen LogP contribution in [0.15, 0.2) is 17.0 Å². The van der Waals surface area contributed by atoms with Gasteiger partial charge < -0.3 is 10.1 Å². The highest BCUT2D eigenvalue weighted by Crippen LogP contribution is 2.27. The Kier molecular flexibility index (Phi) is 4.53. The van der Waals surface area contributed by atoms with Gasteiger partial charge in [0, 0.05) is 13.1 Å². The smallest absolute Gasteiger partial charge is 0.243 e. The van der Waals surface area contributed by atoms with Gasteiger partial charge in [-0.2, -0.15) is 4.31 Å². The van der Waals surface area contributed by atoms with E-state index in [0.717, 1.165) is 5.56 Å². The highest BCUT2D eigenvalue weighted by Gasteiger charge is 2.29. The molecule has 0 radical (unpaired) electrons. The van der Waals surface area contributed by atoms with Crippen molar-refractivity contribution in [2.45, 2.75) is 25.2 Å². The molecule has 0 unspecified atom stereocenters. The molecule has 1 aliphatic heterocycles. The van der Waals surface area contributed by atoms with Gasteiger partial charge in [-0.05, 0) is 43.5 Å². The fraction of sp³-hybridized carbons (Fsp3) is 0.500. The lowest BCUT2D eigenvalue weighted by atomic mass is 10.1. The highest BCUT2D eigenvalue weighted by atomic mass is 32.2. The number of methoxy groups -OCH3 is 1. The van der Waals surface area contributed by atoms with Gasteiger partial charge in [-0.25, -0.2) is 8.42 Å². The first-order chi connectivity index (χ1) is 9.86. The number of aryl methyl sites for hydroxylation is 2. The first kappa shape index (κ1) is 15.8. The second-order valence-electron chi connectivity index (χ2n) is 5.13. The molecule has 0 atom stereocenters. The molecular formula is C14H20N2O4S. The van der Waals surface area contributed by atoms with E-state index in [-0.39, 0.29) is 17.3 Å². The quantitative estimate of drug-likeness (QED) is 0.897. The summed E-state index contributed by atoms with van der Waals surface area (Å²) >= 11 is 0. The molecule has 21 heavy (non-hydrogen) atoms. The molecule has 0 aliphatic carbocycles. The number of amides is 1. The van der Waals surface area contributed by atoms with Crippen molar-refractivity contribution in [3.05, 3.63) is 23.3 Å². The molecule has 0 bridgehead atoms. The standard InChI is InChI=1S/C14H20N2O4S/c1-10-8-13(11(2)7-12(10)20-3)21(18,19)16-6-4-5-15-14(17)9-16/h7-8H,4-6,9H2,1-3H3,(H,15,17). The summed E-state index contributed by atoms with van der Waals surface area (Å²) in [6, 6.07) is 3.31. The number of rotatable bonds is 3. The predicted molar refractivity (Wildman–Crippen MR) is 78.9 cm³/mol. The van der Waals surface area contributed by atoms with Crippen molar-refractivity contribution < 1.29 is 17.9 Å². The van der Waals surface area contributed by atoms with Crippen molar-refractivity contribution in [1.29, 1.82) is 0 Å². The van der Waals surface area contributed by atoms with Crippen molar-refractivity contribution in [3.8, 4) is 5.75 Å². The van der Waals surface area contributed by atoms with E-state index in [1.807, 2.05) is 0 Å². The topological polar surface area (TPSA) is 75.7 Å². The fourth-order valence-electron chi connectivity index (χ4n) is 2.38. The Balaban J connectivity index is 2.43. The van der Waals surface area contributed by atoms with Gasteiger partial charge in [0.1, 0.15) is 5.75 Å². The number of carbonyl (C=O) groups excluding carboxylic acids is 1. The molecule has 1 aromatic rings. The normalized spacial score (nSPS) is 17.2. The third-order valence-corrected chi connectivity index (χ3v) is 5.52. The van der Waals surface area contributed by atoms with Crippen molar-refractivity contribution >= 4 is 15.9 Å². The number of nitrogens with zero attached hydrogens (tertiary/aromatic N) is 1. The largest absolute Gasteiger partial charge is 0.496 e. The van der Waals surface area contributed by atoms with E-state index < -0.39 is 10.0 Å². The van der Waals surface area contributed by atoms with E-state index in [2.05, 4.69) is 5.32 Å². The van der Waals surface area contributed by atoms with Crippen LogP contribution in [0.5, 0.6) is 5.75 Å². The second-order valence-corrected chi connectivity index (χ2v) is 7.04. The van der Waals surface area contributed by atoms with Gasteiger partial charge in [0.25, 0.3) is 0 Å². The SMILES string of the molecule is COc1cc(C)c(S(=O)(=O)N2CCCNC(=O)C2)cc1C. The lowest BCUT2D eigenvalue weighted by Crippen LogP contribution is -2.37. The number of ether oxygens (including phenoxy) is 1. The first-order valence-corrected chi connectivity index (χ1v) is 8.22. The van der Waals surface area contributed by atoms with Crippen LogP contribution in [0, 0.1) is 13.8 Å². The summed E-state index contributed by atoms with van der Waals surface area (Å²) in [5.41, 5.74) is 1.36. The average Bonchev–Trinajstić information content (AvgIpc) is 2.65. The Labute approximate surface area is 125 Å². The van der Waals surface area contributed by atoms with Crippen LogP contribution in [0.3, 0.4) is 0 Å². The molecule has 1 saturated heterocycles. The maximum atomic E-state index is 12.8. The van der Waals surface area contributed by atoms with E-state index in [1.165, 1.54) is 4.31 Å². The van der Waals surface area contributed by atoms with Gasteiger partial charge in [0.2, 0.25) is 15.9 Å². The van der Waals surface area contributed by atoms with E-state index in [9.17, 15) is 13.2 Å². The fourth-order valence-corrected chi connectivity index (χ4v) is 4.11. The molecule has 6 nitrogen and oxygen atoms in total. The van der Waals surface area contributed by atoms with Crippen LogP contribution >= 0.6 is 0 Å². The monoisotopic (exact) mass is 312 g/mol. The van der Waals surface area contributed by atoms with Crippen LogP contribution in [-0.4, -0.2) is 45.4 Å². The van der Waals surface area contributed by atoms with Crippen LogP contribution in [0.4, 0.5) is 0 Å². The first-order valence-electron chi connectivity index (χ1n) is 6.78. The summed E-state index contributed by atoms with van der Waals surface area (Å²) in [6.45, 7) is 4.24. The summed E-state index contributed by atoms with van der Waals surface area (Å²) in [5.74, 6) is 0.388. The Bertz CT molecular complexity index is 655. The number of hydrogen-bond acceptors (Lipinski definition) is 4. The predicted octanol–water partition coefficient (Wildman–Crippen LogP) is 0.823. The van der Waals surface area contributed by atoms with Gasteiger partial charge in [0.15, 0.2) is 0 Å². The zero-order valence-electron chi connectivity index (χ0n) is 12.5. The van der Waals surface area contributed by atoms with Crippen LogP contribution < -0.4 is 10.1 Å².